The van der Waals surface area contributed by atoms with E-state index in [0.717, 1.165) is 37.5 Å². The van der Waals surface area contributed by atoms with E-state index in [0.29, 0.717) is 5.92 Å². The monoisotopic (exact) mass is 222 g/mol. The number of aliphatic hydroxyl groups is 1. The Hall–Kier alpha value is -1.29. The van der Waals surface area contributed by atoms with E-state index in [2.05, 4.69) is 9.88 Å². The summed E-state index contributed by atoms with van der Waals surface area (Å²) in [7, 11) is 1.66. The second-order valence-electron chi connectivity index (χ2n) is 4.17. The molecule has 1 unspecified atom stereocenters. The van der Waals surface area contributed by atoms with Gasteiger partial charge in [-0.25, -0.2) is 4.98 Å². The average Bonchev–Trinajstić information content (AvgIpc) is 2.38. The van der Waals surface area contributed by atoms with Crippen LogP contribution in [0, 0.1) is 5.92 Å². The minimum Gasteiger partial charge on any atom is -0.493 e. The van der Waals surface area contributed by atoms with Crippen molar-refractivity contribution in [3.63, 3.8) is 0 Å². The molecule has 4 heteroatoms. The molecule has 0 aromatic carbocycles. The second kappa shape index (κ2) is 5.16. The van der Waals surface area contributed by atoms with Crippen molar-refractivity contribution in [2.75, 3.05) is 31.7 Å². The number of methoxy groups -OCH3 is 1. The van der Waals surface area contributed by atoms with E-state index in [-0.39, 0.29) is 6.61 Å². The molecule has 1 aromatic heterocycles. The first kappa shape index (κ1) is 11.2. The number of ether oxygens (including phenoxy) is 1. The minimum absolute atomic E-state index is 0.256. The molecule has 0 bridgehead atoms. The first-order chi connectivity index (χ1) is 7.85. The fraction of sp³-hybridized carbons (Fsp3) is 0.583. The fourth-order valence-electron chi connectivity index (χ4n) is 2.19. The first-order valence-electron chi connectivity index (χ1n) is 5.70. The lowest BCUT2D eigenvalue weighted by Crippen LogP contribution is -2.37. The van der Waals surface area contributed by atoms with Crippen molar-refractivity contribution in [2.24, 2.45) is 5.92 Å². The molecule has 0 amide bonds. The van der Waals surface area contributed by atoms with Gasteiger partial charge in [-0.2, -0.15) is 0 Å². The molecule has 2 heterocycles. The quantitative estimate of drug-likeness (QED) is 0.837. The Balaban J connectivity index is 2.16. The molecular formula is C12H18N2O2. The first-order valence-corrected chi connectivity index (χ1v) is 5.70. The molecule has 0 saturated carbocycles. The maximum atomic E-state index is 9.20. The summed E-state index contributed by atoms with van der Waals surface area (Å²) < 4.78 is 5.30. The number of hydrogen-bond donors (Lipinski definition) is 1. The molecule has 2 rings (SSSR count). The number of aromatic nitrogens is 1. The van der Waals surface area contributed by atoms with Crippen molar-refractivity contribution in [1.82, 2.24) is 4.98 Å². The number of rotatable bonds is 3. The minimum atomic E-state index is 0.256. The van der Waals surface area contributed by atoms with Crippen LogP contribution in [0.25, 0.3) is 0 Å². The largest absolute Gasteiger partial charge is 0.493 e. The summed E-state index contributed by atoms with van der Waals surface area (Å²) in [5, 5.41) is 9.20. The zero-order valence-corrected chi connectivity index (χ0v) is 9.59. The number of nitrogens with zero attached hydrogens (tertiary/aromatic N) is 2. The van der Waals surface area contributed by atoms with E-state index in [4.69, 9.17) is 4.74 Å². The third-order valence-corrected chi connectivity index (χ3v) is 3.05. The predicted molar refractivity (Wildman–Crippen MR) is 62.8 cm³/mol. The van der Waals surface area contributed by atoms with Gasteiger partial charge in [0.15, 0.2) is 11.6 Å². The molecule has 1 fully saturated rings. The van der Waals surface area contributed by atoms with Crippen LogP contribution in [0.1, 0.15) is 12.8 Å². The van der Waals surface area contributed by atoms with Gasteiger partial charge in [0.05, 0.1) is 7.11 Å². The third-order valence-electron chi connectivity index (χ3n) is 3.05. The van der Waals surface area contributed by atoms with Gasteiger partial charge in [-0.1, -0.05) is 0 Å². The van der Waals surface area contributed by atoms with Gasteiger partial charge < -0.3 is 14.7 Å². The average molecular weight is 222 g/mol. The molecule has 1 saturated heterocycles. The van der Waals surface area contributed by atoms with Crippen LogP contribution in [0.4, 0.5) is 5.82 Å². The molecular weight excluding hydrogens is 204 g/mol. The van der Waals surface area contributed by atoms with Gasteiger partial charge >= 0.3 is 0 Å². The highest BCUT2D eigenvalue weighted by Gasteiger charge is 2.22. The molecule has 16 heavy (non-hydrogen) atoms. The van der Waals surface area contributed by atoms with Crippen LogP contribution < -0.4 is 9.64 Å². The molecule has 1 aromatic rings. The summed E-state index contributed by atoms with van der Waals surface area (Å²) in [5.41, 5.74) is 0. The third kappa shape index (κ3) is 2.27. The summed E-state index contributed by atoms with van der Waals surface area (Å²) >= 11 is 0. The number of anilines is 1. The van der Waals surface area contributed by atoms with Gasteiger partial charge in [-0.15, -0.1) is 0 Å². The summed E-state index contributed by atoms with van der Waals surface area (Å²) in [4.78, 5) is 6.56. The van der Waals surface area contributed by atoms with Crippen molar-refractivity contribution in [2.45, 2.75) is 12.8 Å². The van der Waals surface area contributed by atoms with Crippen LogP contribution in [0.2, 0.25) is 0 Å². The Morgan fingerprint density at radius 1 is 1.62 bits per heavy atom. The second-order valence-corrected chi connectivity index (χ2v) is 4.17. The zero-order valence-electron chi connectivity index (χ0n) is 9.59. The number of piperidine rings is 1. The molecule has 88 valence electrons. The topological polar surface area (TPSA) is 45.6 Å². The van der Waals surface area contributed by atoms with Gasteiger partial charge in [0.2, 0.25) is 0 Å². The Morgan fingerprint density at radius 3 is 3.25 bits per heavy atom. The van der Waals surface area contributed by atoms with E-state index in [9.17, 15) is 5.11 Å². The Labute approximate surface area is 95.9 Å². The van der Waals surface area contributed by atoms with Crippen molar-refractivity contribution in [3.05, 3.63) is 18.3 Å². The summed E-state index contributed by atoms with van der Waals surface area (Å²) in [6, 6.07) is 3.79. The number of pyridine rings is 1. The van der Waals surface area contributed by atoms with Crippen molar-refractivity contribution >= 4 is 5.82 Å². The lowest BCUT2D eigenvalue weighted by atomic mass is 9.99. The van der Waals surface area contributed by atoms with E-state index >= 15 is 0 Å². The Kier molecular flexibility index (Phi) is 3.62. The maximum absolute atomic E-state index is 9.20. The van der Waals surface area contributed by atoms with Crippen LogP contribution in [0.5, 0.6) is 5.75 Å². The standard InChI is InChI=1S/C12H18N2O2/c1-16-11-5-2-6-13-12(11)14-7-3-4-10(8-14)9-15/h2,5-6,10,15H,3-4,7-9H2,1H3. The normalized spacial score (nSPS) is 20.9. The van der Waals surface area contributed by atoms with Gasteiger partial charge in [0.1, 0.15) is 0 Å². The highest BCUT2D eigenvalue weighted by molar-refractivity contribution is 5.52. The SMILES string of the molecule is COc1cccnc1N1CCCC(CO)C1. The molecule has 1 aliphatic heterocycles. The summed E-state index contributed by atoms with van der Waals surface area (Å²) in [6.45, 7) is 2.11. The molecule has 1 aliphatic rings. The van der Waals surface area contributed by atoms with Crippen LogP contribution in [-0.2, 0) is 0 Å². The summed E-state index contributed by atoms with van der Waals surface area (Å²) in [5.74, 6) is 2.06. The van der Waals surface area contributed by atoms with E-state index in [1.807, 2.05) is 12.1 Å². The van der Waals surface area contributed by atoms with Crippen LogP contribution in [0.3, 0.4) is 0 Å². The van der Waals surface area contributed by atoms with Crippen LogP contribution >= 0.6 is 0 Å². The van der Waals surface area contributed by atoms with Crippen LogP contribution in [0.15, 0.2) is 18.3 Å². The van der Waals surface area contributed by atoms with Gasteiger partial charge in [-0.3, -0.25) is 0 Å². The Bertz CT molecular complexity index is 344. The van der Waals surface area contributed by atoms with Crippen molar-refractivity contribution < 1.29 is 9.84 Å². The van der Waals surface area contributed by atoms with Gasteiger partial charge in [0.25, 0.3) is 0 Å². The van der Waals surface area contributed by atoms with Gasteiger partial charge in [-0.05, 0) is 30.9 Å². The highest BCUT2D eigenvalue weighted by atomic mass is 16.5. The number of aliphatic hydroxyl groups excluding tert-OH is 1. The predicted octanol–water partition coefficient (Wildman–Crippen LogP) is 1.30. The molecule has 4 nitrogen and oxygen atoms in total. The number of hydrogen-bond acceptors (Lipinski definition) is 4. The Morgan fingerprint density at radius 2 is 2.50 bits per heavy atom. The van der Waals surface area contributed by atoms with Crippen molar-refractivity contribution in [3.8, 4) is 5.75 Å². The molecule has 1 N–H and O–H groups in total. The molecule has 0 radical (unpaired) electrons. The molecule has 1 atom stereocenters. The molecule has 0 spiro atoms. The smallest absolute Gasteiger partial charge is 0.171 e. The maximum Gasteiger partial charge on any atom is 0.171 e. The van der Waals surface area contributed by atoms with E-state index < -0.39 is 0 Å². The highest BCUT2D eigenvalue weighted by Crippen LogP contribution is 2.28. The summed E-state index contributed by atoms with van der Waals surface area (Å²) in [6.07, 6.45) is 3.98. The lowest BCUT2D eigenvalue weighted by molar-refractivity contribution is 0.208. The fourth-order valence-corrected chi connectivity index (χ4v) is 2.19. The van der Waals surface area contributed by atoms with E-state index in [1.54, 1.807) is 13.3 Å². The van der Waals surface area contributed by atoms with Crippen molar-refractivity contribution in [1.29, 1.82) is 0 Å². The van der Waals surface area contributed by atoms with Crippen LogP contribution in [-0.4, -0.2) is 36.9 Å². The lowest BCUT2D eigenvalue weighted by Gasteiger charge is -2.33. The van der Waals surface area contributed by atoms with Gasteiger partial charge in [0, 0.05) is 25.9 Å². The zero-order chi connectivity index (χ0) is 11.4. The van der Waals surface area contributed by atoms with E-state index in [1.165, 1.54) is 0 Å². The molecule has 0 aliphatic carbocycles.